The summed E-state index contributed by atoms with van der Waals surface area (Å²) >= 11 is 0. The lowest BCUT2D eigenvalue weighted by Gasteiger charge is -1.98. The van der Waals surface area contributed by atoms with Gasteiger partial charge in [0.1, 0.15) is 0 Å². The number of carbonyl (C=O) groups is 2. The number of esters is 1. The Morgan fingerprint density at radius 1 is 1.50 bits per heavy atom. The summed E-state index contributed by atoms with van der Waals surface area (Å²) in [5, 5.41) is 0. The third kappa shape index (κ3) is 4.43. The Labute approximate surface area is 96.2 Å². The minimum absolute atomic E-state index is 0.164. The van der Waals surface area contributed by atoms with Crippen molar-refractivity contribution in [2.75, 3.05) is 6.61 Å². The minimum Gasteiger partial charge on any atom is -0.466 e. The first-order valence-electron chi connectivity index (χ1n) is 5.77. The number of allylic oxidation sites excluding steroid dienone is 4. The predicted molar refractivity (Wildman–Crippen MR) is 61.9 cm³/mol. The van der Waals surface area contributed by atoms with Crippen molar-refractivity contribution < 1.29 is 14.3 Å². The highest BCUT2D eigenvalue weighted by molar-refractivity contribution is 5.97. The molecule has 0 saturated heterocycles. The van der Waals surface area contributed by atoms with Crippen LogP contribution in [-0.4, -0.2) is 18.4 Å². The monoisotopic (exact) mass is 222 g/mol. The van der Waals surface area contributed by atoms with E-state index in [0.717, 1.165) is 12.0 Å². The van der Waals surface area contributed by atoms with E-state index in [1.165, 1.54) is 0 Å². The smallest absolute Gasteiger partial charge is 0.306 e. The fraction of sp³-hybridized carbons (Fsp3) is 0.538. The van der Waals surface area contributed by atoms with Gasteiger partial charge in [0.15, 0.2) is 5.78 Å². The number of ketones is 1. The third-order valence-electron chi connectivity index (χ3n) is 2.45. The molecule has 0 unspecified atom stereocenters. The molecule has 1 aliphatic rings. The number of Topliss-reactive ketones (excluding diaryl/α,β-unsaturated/α-hetero) is 1. The van der Waals surface area contributed by atoms with Gasteiger partial charge in [-0.1, -0.05) is 18.2 Å². The molecule has 0 bridgehead atoms. The van der Waals surface area contributed by atoms with E-state index in [-0.39, 0.29) is 11.8 Å². The number of hydrogen-bond donors (Lipinski definition) is 0. The van der Waals surface area contributed by atoms with E-state index in [1.54, 1.807) is 6.92 Å². The first-order chi connectivity index (χ1) is 7.74. The molecule has 0 aromatic carbocycles. The van der Waals surface area contributed by atoms with E-state index in [2.05, 4.69) is 0 Å². The van der Waals surface area contributed by atoms with Crippen molar-refractivity contribution in [2.45, 2.75) is 39.0 Å². The van der Waals surface area contributed by atoms with Crippen LogP contribution >= 0.6 is 0 Å². The molecule has 0 heterocycles. The zero-order valence-corrected chi connectivity index (χ0v) is 9.70. The summed E-state index contributed by atoms with van der Waals surface area (Å²) < 4.78 is 4.80. The zero-order valence-electron chi connectivity index (χ0n) is 9.70. The molecule has 0 amide bonds. The number of hydrogen-bond acceptors (Lipinski definition) is 3. The van der Waals surface area contributed by atoms with Crippen LogP contribution < -0.4 is 0 Å². The molecule has 3 heteroatoms. The summed E-state index contributed by atoms with van der Waals surface area (Å²) in [6.07, 6.45) is 9.21. The van der Waals surface area contributed by atoms with Crippen LogP contribution in [0.25, 0.3) is 0 Å². The predicted octanol–water partition coefficient (Wildman–Crippen LogP) is 2.57. The van der Waals surface area contributed by atoms with Gasteiger partial charge in [-0.2, -0.15) is 0 Å². The second-order valence-corrected chi connectivity index (χ2v) is 3.71. The Morgan fingerprint density at radius 2 is 2.31 bits per heavy atom. The van der Waals surface area contributed by atoms with E-state index in [1.807, 2.05) is 18.2 Å². The SMILES string of the molecule is CCOC(=O)CC/C=C\CC1=CCCC1=O. The highest BCUT2D eigenvalue weighted by Crippen LogP contribution is 2.17. The van der Waals surface area contributed by atoms with Gasteiger partial charge in [-0.15, -0.1) is 0 Å². The van der Waals surface area contributed by atoms with Crippen molar-refractivity contribution in [1.29, 1.82) is 0 Å². The molecule has 1 aliphatic carbocycles. The van der Waals surface area contributed by atoms with Gasteiger partial charge in [0.25, 0.3) is 0 Å². The lowest BCUT2D eigenvalue weighted by atomic mass is 10.1. The lowest BCUT2D eigenvalue weighted by Crippen LogP contribution is -2.02. The molecule has 0 N–H and O–H groups in total. The van der Waals surface area contributed by atoms with Crippen molar-refractivity contribution in [3.05, 3.63) is 23.8 Å². The van der Waals surface area contributed by atoms with Crippen molar-refractivity contribution >= 4 is 11.8 Å². The summed E-state index contributed by atoms with van der Waals surface area (Å²) in [6, 6.07) is 0. The van der Waals surface area contributed by atoms with E-state index in [0.29, 0.717) is 32.3 Å². The van der Waals surface area contributed by atoms with Gasteiger partial charge in [0, 0.05) is 12.8 Å². The molecule has 0 spiro atoms. The Kier molecular flexibility index (Phi) is 5.54. The fourth-order valence-electron chi connectivity index (χ4n) is 1.61. The van der Waals surface area contributed by atoms with E-state index < -0.39 is 0 Å². The largest absolute Gasteiger partial charge is 0.466 e. The number of ether oxygens (including phenoxy) is 1. The van der Waals surface area contributed by atoms with Crippen LogP contribution in [0, 0.1) is 0 Å². The molecule has 0 aliphatic heterocycles. The molecular formula is C13H18O3. The highest BCUT2D eigenvalue weighted by Gasteiger charge is 2.12. The maximum atomic E-state index is 11.3. The fourth-order valence-corrected chi connectivity index (χ4v) is 1.61. The van der Waals surface area contributed by atoms with E-state index >= 15 is 0 Å². The number of carbonyl (C=O) groups excluding carboxylic acids is 2. The first-order valence-corrected chi connectivity index (χ1v) is 5.77. The van der Waals surface area contributed by atoms with E-state index in [4.69, 9.17) is 4.74 Å². The van der Waals surface area contributed by atoms with Gasteiger partial charge in [0.05, 0.1) is 6.61 Å². The number of rotatable bonds is 6. The van der Waals surface area contributed by atoms with Crippen molar-refractivity contribution in [1.82, 2.24) is 0 Å². The summed E-state index contributed by atoms with van der Waals surface area (Å²) in [4.78, 5) is 22.2. The summed E-state index contributed by atoms with van der Waals surface area (Å²) in [5.41, 5.74) is 0.910. The van der Waals surface area contributed by atoms with Crippen LogP contribution in [0.3, 0.4) is 0 Å². The average molecular weight is 222 g/mol. The Bertz CT molecular complexity index is 313. The van der Waals surface area contributed by atoms with Crippen molar-refractivity contribution in [2.24, 2.45) is 0 Å². The van der Waals surface area contributed by atoms with Gasteiger partial charge >= 0.3 is 5.97 Å². The van der Waals surface area contributed by atoms with Crippen molar-refractivity contribution in [3.63, 3.8) is 0 Å². The Balaban J connectivity index is 2.13. The van der Waals surface area contributed by atoms with Crippen LogP contribution in [0.1, 0.15) is 39.0 Å². The highest BCUT2D eigenvalue weighted by atomic mass is 16.5. The standard InChI is InChI=1S/C13H18O3/c1-2-16-13(15)10-5-3-4-7-11-8-6-9-12(11)14/h3-4,8H,2,5-7,9-10H2,1H3/b4-3-. The molecule has 0 aromatic rings. The van der Waals surface area contributed by atoms with Gasteiger partial charge in [-0.25, -0.2) is 0 Å². The van der Waals surface area contributed by atoms with Crippen LogP contribution in [0.5, 0.6) is 0 Å². The molecule has 0 aromatic heterocycles. The molecule has 0 saturated carbocycles. The van der Waals surface area contributed by atoms with Crippen LogP contribution in [0.4, 0.5) is 0 Å². The second-order valence-electron chi connectivity index (χ2n) is 3.71. The molecule has 16 heavy (non-hydrogen) atoms. The molecule has 0 atom stereocenters. The molecule has 0 fully saturated rings. The molecule has 3 nitrogen and oxygen atoms in total. The maximum Gasteiger partial charge on any atom is 0.306 e. The van der Waals surface area contributed by atoms with Crippen LogP contribution in [0.15, 0.2) is 23.8 Å². The van der Waals surface area contributed by atoms with Gasteiger partial charge in [-0.05, 0) is 31.8 Å². The Morgan fingerprint density at radius 3 is 2.94 bits per heavy atom. The van der Waals surface area contributed by atoms with Crippen LogP contribution in [0.2, 0.25) is 0 Å². The topological polar surface area (TPSA) is 43.4 Å². The third-order valence-corrected chi connectivity index (χ3v) is 2.45. The second kappa shape index (κ2) is 6.99. The van der Waals surface area contributed by atoms with Crippen LogP contribution in [-0.2, 0) is 14.3 Å². The average Bonchev–Trinajstić information content (AvgIpc) is 2.64. The Hall–Kier alpha value is -1.38. The maximum absolute atomic E-state index is 11.3. The first kappa shape index (κ1) is 12.7. The van der Waals surface area contributed by atoms with E-state index in [9.17, 15) is 9.59 Å². The normalized spacial score (nSPS) is 15.6. The molecule has 1 rings (SSSR count). The summed E-state index contributed by atoms with van der Waals surface area (Å²) in [5.74, 6) is 0.0957. The minimum atomic E-state index is -0.164. The molecular weight excluding hydrogens is 204 g/mol. The summed E-state index contributed by atoms with van der Waals surface area (Å²) in [6.45, 7) is 2.23. The van der Waals surface area contributed by atoms with Gasteiger partial charge in [-0.3, -0.25) is 9.59 Å². The van der Waals surface area contributed by atoms with Crippen molar-refractivity contribution in [3.8, 4) is 0 Å². The van der Waals surface area contributed by atoms with Gasteiger partial charge < -0.3 is 4.74 Å². The molecule has 88 valence electrons. The quantitative estimate of drug-likeness (QED) is 0.512. The molecule has 0 radical (unpaired) electrons. The lowest BCUT2D eigenvalue weighted by molar-refractivity contribution is -0.143. The van der Waals surface area contributed by atoms with Gasteiger partial charge in [0.2, 0.25) is 0 Å². The summed E-state index contributed by atoms with van der Waals surface area (Å²) in [7, 11) is 0. The zero-order chi connectivity index (χ0) is 11.8.